The van der Waals surface area contributed by atoms with Gasteiger partial charge in [0.25, 0.3) is 0 Å². The number of carbonyl (C=O) groups is 1. The minimum atomic E-state index is -4.27. The molecule has 4 rings (SSSR count). The lowest BCUT2D eigenvalue weighted by Gasteiger charge is -2.36. The highest BCUT2D eigenvalue weighted by molar-refractivity contribution is 7.85. The van der Waals surface area contributed by atoms with Gasteiger partial charge in [-0.15, -0.1) is 0 Å². The lowest BCUT2D eigenvalue weighted by atomic mass is 9.71. The number of nitrogens with one attached hydrogen (secondary N) is 1. The zero-order valence-electron chi connectivity index (χ0n) is 14.5. The first kappa shape index (κ1) is 18.3. The fraction of sp³-hybridized carbons (Fsp3) is 0.526. The summed E-state index contributed by atoms with van der Waals surface area (Å²) in [6.07, 6.45) is 9.53. The number of fused-ring (bicyclic) bond motifs is 1. The van der Waals surface area contributed by atoms with E-state index in [4.69, 9.17) is 0 Å². The molecule has 0 radical (unpaired) electrons. The van der Waals surface area contributed by atoms with E-state index in [1.807, 2.05) is 6.92 Å². The van der Waals surface area contributed by atoms with Gasteiger partial charge >= 0.3 is 5.91 Å². The van der Waals surface area contributed by atoms with E-state index >= 15 is 0 Å². The second-order valence-corrected chi connectivity index (χ2v) is 8.66. The number of benzene rings is 1. The number of rotatable bonds is 1. The number of allylic oxidation sites excluding steroid dienone is 2. The maximum atomic E-state index is 12.2. The van der Waals surface area contributed by atoms with E-state index in [-0.39, 0.29) is 4.90 Å². The molecule has 3 aliphatic rings. The topological polar surface area (TPSA) is 78.7 Å². The number of quaternary nitrogens is 1. The van der Waals surface area contributed by atoms with Crippen molar-refractivity contribution in [3.05, 3.63) is 42.0 Å². The summed E-state index contributed by atoms with van der Waals surface area (Å²) in [5.41, 5.74) is 0.928. The van der Waals surface area contributed by atoms with Crippen LogP contribution in [0.1, 0.15) is 31.2 Å². The van der Waals surface area contributed by atoms with E-state index in [1.165, 1.54) is 36.3 Å². The quantitative estimate of drug-likeness (QED) is 0.603. The Morgan fingerprint density at radius 3 is 2.52 bits per heavy atom. The summed E-state index contributed by atoms with van der Waals surface area (Å²) in [5.74, 6) is 2.18. The van der Waals surface area contributed by atoms with Crippen LogP contribution < -0.4 is 4.90 Å². The van der Waals surface area contributed by atoms with Crippen molar-refractivity contribution in [2.75, 3.05) is 13.1 Å². The molecule has 6 heteroatoms. The van der Waals surface area contributed by atoms with E-state index < -0.39 is 10.1 Å². The molecule has 1 aliphatic carbocycles. The van der Waals surface area contributed by atoms with Gasteiger partial charge < -0.3 is 4.55 Å². The minimum Gasteiger partial charge on any atom is -0.744 e. The maximum Gasteiger partial charge on any atom is 0.316 e. The van der Waals surface area contributed by atoms with Gasteiger partial charge in [-0.05, 0) is 50.2 Å². The number of hydrogen-bond donors (Lipinski definition) is 1. The molecule has 0 spiro atoms. The van der Waals surface area contributed by atoms with E-state index in [1.54, 1.807) is 12.1 Å². The van der Waals surface area contributed by atoms with E-state index in [9.17, 15) is 17.8 Å². The average molecular weight is 363 g/mol. The van der Waals surface area contributed by atoms with Gasteiger partial charge in [0.1, 0.15) is 10.1 Å². The van der Waals surface area contributed by atoms with Crippen molar-refractivity contribution in [1.82, 2.24) is 0 Å². The summed E-state index contributed by atoms with van der Waals surface area (Å²) < 4.78 is 31.2. The first-order valence-electron chi connectivity index (χ1n) is 8.94. The molecule has 1 amide bonds. The van der Waals surface area contributed by atoms with Gasteiger partial charge in [-0.25, -0.2) is 13.2 Å². The van der Waals surface area contributed by atoms with Crippen molar-refractivity contribution in [2.45, 2.75) is 37.5 Å². The molecule has 5 nitrogen and oxygen atoms in total. The Balaban J connectivity index is 0.000000151. The molecule has 2 bridgehead atoms. The molecule has 1 N–H and O–H groups in total. The largest absolute Gasteiger partial charge is 0.744 e. The maximum absolute atomic E-state index is 12.2. The van der Waals surface area contributed by atoms with Crippen molar-refractivity contribution in [2.24, 2.45) is 17.8 Å². The number of hydrogen-bond acceptors (Lipinski definition) is 4. The van der Waals surface area contributed by atoms with Gasteiger partial charge in [-0.1, -0.05) is 29.8 Å². The van der Waals surface area contributed by atoms with Crippen LogP contribution in [-0.2, 0) is 14.9 Å². The normalized spacial score (nSPS) is 30.9. The second-order valence-electron chi connectivity index (χ2n) is 7.28. The Labute approximate surface area is 149 Å². The zero-order chi connectivity index (χ0) is 18.0. The Morgan fingerprint density at radius 1 is 1.12 bits per heavy atom. The van der Waals surface area contributed by atoms with Gasteiger partial charge in [0.05, 0.1) is 23.9 Å². The van der Waals surface area contributed by atoms with Crippen molar-refractivity contribution in [1.29, 1.82) is 0 Å². The van der Waals surface area contributed by atoms with Crippen LogP contribution in [0.15, 0.2) is 41.3 Å². The lowest BCUT2D eigenvalue weighted by Crippen LogP contribution is -3.16. The third-order valence-corrected chi connectivity index (χ3v) is 6.43. The van der Waals surface area contributed by atoms with Crippen LogP contribution >= 0.6 is 0 Å². The molecule has 25 heavy (non-hydrogen) atoms. The number of carbonyl (C=O) groups excluding carboxylic acids is 1. The van der Waals surface area contributed by atoms with Crippen LogP contribution in [0.4, 0.5) is 0 Å². The summed E-state index contributed by atoms with van der Waals surface area (Å²) in [4.78, 5) is 13.3. The van der Waals surface area contributed by atoms with Crippen LogP contribution in [0.2, 0.25) is 0 Å². The molecule has 4 atom stereocenters. The zero-order valence-corrected chi connectivity index (χ0v) is 15.3. The second kappa shape index (κ2) is 7.40. The van der Waals surface area contributed by atoms with Crippen molar-refractivity contribution < 1.29 is 22.7 Å². The summed E-state index contributed by atoms with van der Waals surface area (Å²) in [7, 11) is -4.27. The summed E-state index contributed by atoms with van der Waals surface area (Å²) in [6, 6.07) is 5.78. The van der Waals surface area contributed by atoms with Crippen molar-refractivity contribution >= 4 is 16.0 Å². The number of piperidine rings is 1. The first-order chi connectivity index (χ1) is 11.9. The molecule has 2 aliphatic heterocycles. The van der Waals surface area contributed by atoms with E-state index in [0.717, 1.165) is 25.1 Å². The minimum absolute atomic E-state index is 0.178. The molecule has 2 saturated heterocycles. The highest BCUT2D eigenvalue weighted by Crippen LogP contribution is 2.36. The molecular formula is C19H25NO4S. The Morgan fingerprint density at radius 2 is 1.84 bits per heavy atom. The summed E-state index contributed by atoms with van der Waals surface area (Å²) in [6.45, 7) is 4.01. The highest BCUT2D eigenvalue weighted by Gasteiger charge is 2.46. The fourth-order valence-electron chi connectivity index (χ4n) is 4.25. The Bertz CT molecular complexity index is 754. The van der Waals surface area contributed by atoms with Gasteiger partial charge in [-0.2, -0.15) is 0 Å². The van der Waals surface area contributed by atoms with Crippen molar-refractivity contribution in [3.63, 3.8) is 0 Å². The van der Waals surface area contributed by atoms with Gasteiger partial charge in [0.15, 0.2) is 0 Å². The van der Waals surface area contributed by atoms with Crippen LogP contribution in [0.25, 0.3) is 0 Å². The SMILES string of the molecule is Cc1ccc(S(=O)(=O)[O-])cc1.O=C1[C@H]2[C@H]3CC=C[C@H]2CCC[NH+]1CC3. The number of amides is 1. The van der Waals surface area contributed by atoms with Crippen LogP contribution in [0, 0.1) is 24.7 Å². The molecule has 1 aromatic carbocycles. The highest BCUT2D eigenvalue weighted by atomic mass is 32.2. The molecule has 1 unspecified atom stereocenters. The Hall–Kier alpha value is -1.50. The first-order valence-corrected chi connectivity index (χ1v) is 10.3. The van der Waals surface area contributed by atoms with Crippen molar-refractivity contribution in [3.8, 4) is 0 Å². The molecule has 136 valence electrons. The Kier molecular flexibility index (Phi) is 5.41. The summed E-state index contributed by atoms with van der Waals surface area (Å²) >= 11 is 0. The molecule has 2 fully saturated rings. The molecule has 0 saturated carbocycles. The average Bonchev–Trinajstić information content (AvgIpc) is 2.69. The standard InChI is InChI=1S/C12H17NO.C7H8O3S/c14-12-11-9-3-1-4-10(11)6-8-13(12)7-2-5-9;1-6-2-4-7(5-3-6)11(8,9)10/h1,3,9-11H,2,4-8H2;2-5H,1H3,(H,8,9,10)/t9-,10-,11+;/m0./s1. The monoisotopic (exact) mass is 363 g/mol. The third kappa shape index (κ3) is 4.19. The lowest BCUT2D eigenvalue weighted by molar-refractivity contribution is -0.827. The molecule has 2 heterocycles. The molecule has 1 aromatic rings. The molecule has 0 aromatic heterocycles. The van der Waals surface area contributed by atoms with E-state index in [2.05, 4.69) is 12.2 Å². The molecular weight excluding hydrogens is 338 g/mol. The predicted molar refractivity (Wildman–Crippen MR) is 92.9 cm³/mol. The van der Waals surface area contributed by atoms with Gasteiger partial charge in [0, 0.05) is 6.42 Å². The van der Waals surface area contributed by atoms with Crippen LogP contribution in [0.5, 0.6) is 0 Å². The third-order valence-electron chi connectivity index (χ3n) is 5.59. The predicted octanol–water partition coefficient (Wildman–Crippen LogP) is 1.30. The van der Waals surface area contributed by atoms with Gasteiger partial charge in [-0.3, -0.25) is 4.90 Å². The smallest absolute Gasteiger partial charge is 0.316 e. The number of aryl methyl sites for hydroxylation is 1. The van der Waals surface area contributed by atoms with Gasteiger partial charge in [0.2, 0.25) is 0 Å². The van der Waals surface area contributed by atoms with E-state index in [0.29, 0.717) is 23.7 Å². The van der Waals surface area contributed by atoms with Crippen LogP contribution in [-0.4, -0.2) is 32.0 Å². The fourth-order valence-corrected chi connectivity index (χ4v) is 4.72. The summed E-state index contributed by atoms with van der Waals surface area (Å²) in [5, 5.41) is 0. The van der Waals surface area contributed by atoms with Crippen LogP contribution in [0.3, 0.4) is 0 Å².